The lowest BCUT2D eigenvalue weighted by atomic mass is 10.9. The summed E-state index contributed by atoms with van der Waals surface area (Å²) in [5.74, 6) is 0. The summed E-state index contributed by atoms with van der Waals surface area (Å²) in [6.45, 7) is 1.08. The highest BCUT2D eigenvalue weighted by Gasteiger charge is 1.95. The number of rotatable bonds is 0. The molecule has 7 heavy (non-hydrogen) atoms. The standard InChI is InChI=1S/C4H8N2.HI/c1-6-3-2-5-4-6;/h2-3,5H,4H2,1H3;1H. The van der Waals surface area contributed by atoms with Crippen molar-refractivity contribution in [3.63, 3.8) is 0 Å². The largest absolute Gasteiger partial charge is 1.00 e. The van der Waals surface area contributed by atoms with Crippen LogP contribution in [0.2, 0.25) is 0 Å². The highest BCUT2D eigenvalue weighted by atomic mass is 127. The van der Waals surface area contributed by atoms with Gasteiger partial charge in [0.1, 0.15) is 6.20 Å². The summed E-state index contributed by atoms with van der Waals surface area (Å²) in [5, 5.41) is 2.12. The Kier molecular flexibility index (Phi) is 3.37. The summed E-state index contributed by atoms with van der Waals surface area (Å²) in [5.41, 5.74) is 0. The average molecular weight is 212 g/mol. The minimum atomic E-state index is 0. The zero-order valence-corrected chi connectivity index (χ0v) is 6.42. The van der Waals surface area contributed by atoms with Crippen molar-refractivity contribution in [2.75, 3.05) is 13.7 Å². The van der Waals surface area contributed by atoms with Crippen molar-refractivity contribution in [3.05, 3.63) is 12.4 Å². The molecule has 2 nitrogen and oxygen atoms in total. The third-order valence-corrected chi connectivity index (χ3v) is 0.870. The Morgan fingerprint density at radius 2 is 2.43 bits per heavy atom. The Balaban J connectivity index is 0.000000360. The Labute approximate surface area is 60.6 Å². The van der Waals surface area contributed by atoms with Gasteiger partial charge >= 0.3 is 0 Å². The summed E-state index contributed by atoms with van der Waals surface area (Å²) in [7, 11) is 2.06. The molecule has 0 radical (unpaired) electrons. The predicted molar refractivity (Wildman–Crippen MR) is 23.7 cm³/mol. The Bertz CT molecular complexity index is 72.1. The summed E-state index contributed by atoms with van der Waals surface area (Å²) in [6.07, 6.45) is 4.11. The van der Waals surface area contributed by atoms with Gasteiger partial charge < -0.3 is 34.2 Å². The van der Waals surface area contributed by atoms with Crippen LogP contribution >= 0.6 is 0 Å². The van der Waals surface area contributed by atoms with Crippen molar-refractivity contribution in [1.29, 1.82) is 0 Å². The second-order valence-electron chi connectivity index (χ2n) is 1.52. The van der Waals surface area contributed by atoms with Crippen LogP contribution in [0.15, 0.2) is 12.4 Å². The summed E-state index contributed by atoms with van der Waals surface area (Å²) < 4.78 is 0. The maximum Gasteiger partial charge on any atom is 0.155 e. The van der Waals surface area contributed by atoms with Crippen molar-refractivity contribution < 1.29 is 29.3 Å². The molecule has 2 N–H and O–H groups in total. The molecule has 0 fully saturated rings. The number of nitrogens with two attached hydrogens (primary N) is 1. The van der Waals surface area contributed by atoms with Crippen molar-refractivity contribution >= 4 is 0 Å². The second kappa shape index (κ2) is 3.26. The van der Waals surface area contributed by atoms with Crippen LogP contribution < -0.4 is 29.3 Å². The van der Waals surface area contributed by atoms with Gasteiger partial charge in [0.05, 0.1) is 6.20 Å². The van der Waals surface area contributed by atoms with Crippen molar-refractivity contribution in [3.8, 4) is 0 Å². The highest BCUT2D eigenvalue weighted by Crippen LogP contribution is 1.77. The topological polar surface area (TPSA) is 19.9 Å². The van der Waals surface area contributed by atoms with Gasteiger partial charge in [-0.2, -0.15) is 0 Å². The zero-order chi connectivity index (χ0) is 4.41. The third-order valence-electron chi connectivity index (χ3n) is 0.870. The molecule has 0 amide bonds. The van der Waals surface area contributed by atoms with E-state index < -0.39 is 0 Å². The van der Waals surface area contributed by atoms with Gasteiger partial charge in [0.2, 0.25) is 0 Å². The number of hydrogen-bond donors (Lipinski definition) is 1. The molecule has 0 aromatic carbocycles. The Morgan fingerprint density at radius 3 is 2.57 bits per heavy atom. The van der Waals surface area contributed by atoms with Gasteiger partial charge in [-0.25, -0.2) is 0 Å². The van der Waals surface area contributed by atoms with E-state index in [4.69, 9.17) is 0 Å². The van der Waals surface area contributed by atoms with Crippen LogP contribution in [0.3, 0.4) is 0 Å². The number of hydrogen-bond acceptors (Lipinski definition) is 1. The maximum absolute atomic E-state index is 2.12. The second-order valence-corrected chi connectivity index (χ2v) is 1.52. The van der Waals surface area contributed by atoms with E-state index in [0.717, 1.165) is 6.67 Å². The quantitative estimate of drug-likeness (QED) is 0.405. The molecule has 1 heterocycles. The predicted octanol–water partition coefficient (Wildman–Crippen LogP) is -4.07. The third kappa shape index (κ3) is 2.13. The van der Waals surface area contributed by atoms with Crippen molar-refractivity contribution in [2.45, 2.75) is 0 Å². The monoisotopic (exact) mass is 212 g/mol. The van der Waals surface area contributed by atoms with Crippen LogP contribution in [0.25, 0.3) is 0 Å². The van der Waals surface area contributed by atoms with E-state index >= 15 is 0 Å². The molecule has 0 aromatic heterocycles. The van der Waals surface area contributed by atoms with Crippen molar-refractivity contribution in [2.24, 2.45) is 0 Å². The van der Waals surface area contributed by atoms with Crippen LogP contribution in [0.1, 0.15) is 0 Å². The molecule has 0 unspecified atom stereocenters. The molecular weight excluding hydrogens is 203 g/mol. The van der Waals surface area contributed by atoms with E-state index in [1.54, 1.807) is 0 Å². The lowest BCUT2D eigenvalue weighted by Crippen LogP contribution is -3.00. The number of quaternary nitrogens is 1. The first-order valence-corrected chi connectivity index (χ1v) is 2.10. The average Bonchev–Trinajstić information content (AvgIpc) is 1.86. The molecule has 0 saturated heterocycles. The van der Waals surface area contributed by atoms with Gasteiger partial charge in [-0.3, -0.25) is 0 Å². The van der Waals surface area contributed by atoms with E-state index in [9.17, 15) is 0 Å². The smallest absolute Gasteiger partial charge is 0.155 e. The number of nitrogens with zero attached hydrogens (tertiary/aromatic N) is 1. The van der Waals surface area contributed by atoms with E-state index in [2.05, 4.69) is 29.7 Å². The molecule has 1 rings (SSSR count). The number of halogens is 1. The van der Waals surface area contributed by atoms with Gasteiger partial charge in [0.15, 0.2) is 6.67 Å². The highest BCUT2D eigenvalue weighted by molar-refractivity contribution is 4.71. The molecule has 0 saturated carbocycles. The van der Waals surface area contributed by atoms with Gasteiger partial charge in [-0.15, -0.1) is 0 Å². The molecule has 0 aromatic rings. The molecular formula is C4H9IN2. The summed E-state index contributed by atoms with van der Waals surface area (Å²) in [6, 6.07) is 0. The Morgan fingerprint density at radius 1 is 1.71 bits per heavy atom. The molecule has 0 spiro atoms. The first kappa shape index (κ1) is 7.23. The first-order chi connectivity index (χ1) is 2.89. The SMILES string of the molecule is CN1C=C[NH2+]C1.[I-]. The lowest BCUT2D eigenvalue weighted by Gasteiger charge is -1.98. The molecule has 0 aliphatic carbocycles. The summed E-state index contributed by atoms with van der Waals surface area (Å²) >= 11 is 0. The van der Waals surface area contributed by atoms with E-state index in [-0.39, 0.29) is 24.0 Å². The molecule has 1 aliphatic heterocycles. The van der Waals surface area contributed by atoms with Crippen LogP contribution in [-0.2, 0) is 0 Å². The minimum Gasteiger partial charge on any atom is -1.00 e. The molecule has 1 aliphatic rings. The molecule has 0 bridgehead atoms. The van der Waals surface area contributed by atoms with E-state index in [1.165, 1.54) is 0 Å². The summed E-state index contributed by atoms with van der Waals surface area (Å²) in [4.78, 5) is 2.12. The lowest BCUT2D eigenvalue weighted by molar-refractivity contribution is -0.591. The van der Waals surface area contributed by atoms with E-state index in [0.29, 0.717) is 0 Å². The van der Waals surface area contributed by atoms with Gasteiger partial charge in [-0.05, 0) is 0 Å². The van der Waals surface area contributed by atoms with Gasteiger partial charge in [-0.1, -0.05) is 0 Å². The molecule has 3 heteroatoms. The van der Waals surface area contributed by atoms with Crippen LogP contribution in [-0.4, -0.2) is 18.6 Å². The normalized spacial score (nSPS) is 17.0. The van der Waals surface area contributed by atoms with Crippen LogP contribution in [0.5, 0.6) is 0 Å². The van der Waals surface area contributed by atoms with Crippen molar-refractivity contribution in [1.82, 2.24) is 4.90 Å². The Hall–Kier alpha value is 0.230. The minimum absolute atomic E-state index is 0. The van der Waals surface area contributed by atoms with Crippen LogP contribution in [0.4, 0.5) is 0 Å². The van der Waals surface area contributed by atoms with E-state index in [1.807, 2.05) is 0 Å². The fourth-order valence-corrected chi connectivity index (χ4v) is 0.496. The molecule has 42 valence electrons. The molecule has 0 atom stereocenters. The van der Waals surface area contributed by atoms with Gasteiger partial charge in [0.25, 0.3) is 0 Å². The fraction of sp³-hybridized carbons (Fsp3) is 0.500. The van der Waals surface area contributed by atoms with Crippen LogP contribution in [0, 0.1) is 0 Å². The fourth-order valence-electron chi connectivity index (χ4n) is 0.496. The first-order valence-electron chi connectivity index (χ1n) is 2.10. The van der Waals surface area contributed by atoms with Gasteiger partial charge in [0, 0.05) is 7.05 Å². The zero-order valence-electron chi connectivity index (χ0n) is 4.26. The maximum atomic E-state index is 2.12.